The number of methoxy groups -OCH3 is 1. The van der Waals surface area contributed by atoms with Gasteiger partial charge in [-0.1, -0.05) is 15.9 Å². The fraction of sp³-hybridized carbons (Fsp3) is 0.417. The van der Waals surface area contributed by atoms with Crippen LogP contribution in [0.5, 0.6) is 0 Å². The number of nitrogens with zero attached hydrogens (tertiary/aromatic N) is 1. The Morgan fingerprint density at radius 1 is 1.53 bits per heavy atom. The van der Waals surface area contributed by atoms with Crippen LogP contribution in [0, 0.1) is 5.82 Å². The lowest BCUT2D eigenvalue weighted by atomic mass is 10.2. The van der Waals surface area contributed by atoms with Crippen molar-refractivity contribution in [1.29, 1.82) is 0 Å². The first-order valence-electron chi connectivity index (χ1n) is 5.22. The number of ether oxygens (including phenoxy) is 1. The van der Waals surface area contributed by atoms with E-state index in [1.807, 2.05) is 11.9 Å². The van der Waals surface area contributed by atoms with Gasteiger partial charge in [0.2, 0.25) is 0 Å². The number of esters is 1. The van der Waals surface area contributed by atoms with E-state index in [9.17, 15) is 9.18 Å². The Labute approximate surface area is 109 Å². The second-order valence-corrected chi connectivity index (χ2v) is 4.72. The predicted octanol–water partition coefficient (Wildman–Crippen LogP) is 2.58. The van der Waals surface area contributed by atoms with Crippen molar-refractivity contribution >= 4 is 21.9 Å². The highest BCUT2D eigenvalue weighted by molar-refractivity contribution is 9.10. The highest BCUT2D eigenvalue weighted by Gasteiger charge is 2.08. The SMILES string of the molecule is COC(=O)CCN(C)Cc1cc(Br)ccc1F. The lowest BCUT2D eigenvalue weighted by molar-refractivity contribution is -0.140. The number of rotatable bonds is 5. The van der Waals surface area contributed by atoms with Crippen molar-refractivity contribution in [2.45, 2.75) is 13.0 Å². The molecule has 0 unspecified atom stereocenters. The van der Waals surface area contributed by atoms with Crippen LogP contribution >= 0.6 is 15.9 Å². The lowest BCUT2D eigenvalue weighted by Gasteiger charge is -2.16. The van der Waals surface area contributed by atoms with Crippen molar-refractivity contribution in [3.05, 3.63) is 34.1 Å². The average Bonchev–Trinajstić information content (AvgIpc) is 2.30. The fourth-order valence-electron chi connectivity index (χ4n) is 1.42. The third-order valence-corrected chi connectivity index (χ3v) is 2.87. The number of hydrogen-bond acceptors (Lipinski definition) is 3. The summed E-state index contributed by atoms with van der Waals surface area (Å²) < 4.78 is 18.8. The van der Waals surface area contributed by atoms with E-state index in [2.05, 4.69) is 20.7 Å². The molecule has 0 atom stereocenters. The summed E-state index contributed by atoms with van der Waals surface area (Å²) in [7, 11) is 3.19. The molecular weight excluding hydrogens is 289 g/mol. The monoisotopic (exact) mass is 303 g/mol. The zero-order chi connectivity index (χ0) is 12.8. The normalized spacial score (nSPS) is 10.6. The summed E-state index contributed by atoms with van der Waals surface area (Å²) in [5, 5.41) is 0. The summed E-state index contributed by atoms with van der Waals surface area (Å²) in [5.74, 6) is -0.496. The number of carbonyl (C=O) groups excluding carboxylic acids is 1. The molecule has 0 heterocycles. The molecule has 3 nitrogen and oxygen atoms in total. The maximum absolute atomic E-state index is 13.5. The largest absolute Gasteiger partial charge is 0.469 e. The Balaban J connectivity index is 2.52. The average molecular weight is 304 g/mol. The molecule has 1 aromatic rings. The molecule has 0 radical (unpaired) electrons. The van der Waals surface area contributed by atoms with E-state index in [-0.39, 0.29) is 11.8 Å². The summed E-state index contributed by atoms with van der Waals surface area (Å²) >= 11 is 3.30. The van der Waals surface area contributed by atoms with Crippen molar-refractivity contribution in [3.8, 4) is 0 Å². The van der Waals surface area contributed by atoms with Crippen LogP contribution in [0.3, 0.4) is 0 Å². The van der Waals surface area contributed by atoms with E-state index in [0.717, 1.165) is 4.47 Å². The summed E-state index contributed by atoms with van der Waals surface area (Å²) in [6, 6.07) is 4.82. The number of benzene rings is 1. The number of halogens is 2. The molecule has 0 aliphatic rings. The highest BCUT2D eigenvalue weighted by Crippen LogP contribution is 2.16. The molecule has 0 fully saturated rings. The lowest BCUT2D eigenvalue weighted by Crippen LogP contribution is -2.22. The van der Waals surface area contributed by atoms with Gasteiger partial charge in [-0.3, -0.25) is 4.79 Å². The van der Waals surface area contributed by atoms with Gasteiger partial charge < -0.3 is 9.64 Å². The summed E-state index contributed by atoms with van der Waals surface area (Å²) in [6.07, 6.45) is 0.308. The van der Waals surface area contributed by atoms with E-state index >= 15 is 0 Å². The molecule has 0 aromatic heterocycles. The molecule has 1 aromatic carbocycles. The minimum absolute atomic E-state index is 0.238. The molecule has 1 rings (SSSR count). The van der Waals surface area contributed by atoms with Crippen LogP contribution in [-0.2, 0) is 16.1 Å². The molecule has 0 aliphatic carbocycles. The van der Waals surface area contributed by atoms with Gasteiger partial charge in [0.15, 0.2) is 0 Å². The topological polar surface area (TPSA) is 29.5 Å². The second-order valence-electron chi connectivity index (χ2n) is 3.80. The minimum atomic E-state index is -0.258. The number of carbonyl (C=O) groups is 1. The van der Waals surface area contributed by atoms with Gasteiger partial charge in [-0.15, -0.1) is 0 Å². The first kappa shape index (κ1) is 14.1. The second kappa shape index (κ2) is 6.71. The molecule has 0 saturated heterocycles. The molecule has 94 valence electrons. The van der Waals surface area contributed by atoms with Gasteiger partial charge in [-0.25, -0.2) is 4.39 Å². The molecule has 0 aliphatic heterocycles. The molecule has 17 heavy (non-hydrogen) atoms. The third kappa shape index (κ3) is 4.83. The fourth-order valence-corrected chi connectivity index (χ4v) is 1.83. The Hall–Kier alpha value is -0.940. The van der Waals surface area contributed by atoms with Gasteiger partial charge in [0.05, 0.1) is 13.5 Å². The molecule has 0 saturated carbocycles. The van der Waals surface area contributed by atoms with E-state index in [4.69, 9.17) is 0 Å². The van der Waals surface area contributed by atoms with Gasteiger partial charge >= 0.3 is 5.97 Å². The maximum Gasteiger partial charge on any atom is 0.306 e. The molecule has 0 amide bonds. The molecule has 5 heteroatoms. The smallest absolute Gasteiger partial charge is 0.306 e. The summed E-state index contributed by atoms with van der Waals surface area (Å²) in [6.45, 7) is 1.00. The van der Waals surface area contributed by atoms with Crippen molar-refractivity contribution in [2.75, 3.05) is 20.7 Å². The van der Waals surface area contributed by atoms with Gasteiger partial charge in [0, 0.05) is 23.1 Å². The van der Waals surface area contributed by atoms with Crippen LogP contribution < -0.4 is 0 Å². The zero-order valence-corrected chi connectivity index (χ0v) is 11.5. The molecule has 0 spiro atoms. The van der Waals surface area contributed by atoms with Crippen molar-refractivity contribution in [1.82, 2.24) is 4.90 Å². The Kier molecular flexibility index (Phi) is 5.58. The third-order valence-electron chi connectivity index (χ3n) is 2.37. The zero-order valence-electron chi connectivity index (χ0n) is 9.87. The quantitative estimate of drug-likeness (QED) is 0.783. The van der Waals surface area contributed by atoms with Crippen LogP contribution in [-0.4, -0.2) is 31.6 Å². The standard InChI is InChI=1S/C12H15BrFNO2/c1-15(6-5-12(16)17-2)8-9-7-10(13)3-4-11(9)14/h3-4,7H,5-6,8H2,1-2H3. The van der Waals surface area contributed by atoms with Crippen LogP contribution in [0.1, 0.15) is 12.0 Å². The molecular formula is C12H15BrFNO2. The Bertz CT molecular complexity index is 398. The molecule has 0 N–H and O–H groups in total. The van der Waals surface area contributed by atoms with E-state index in [1.54, 1.807) is 12.1 Å². The van der Waals surface area contributed by atoms with Crippen LogP contribution in [0.4, 0.5) is 4.39 Å². The van der Waals surface area contributed by atoms with Gasteiger partial charge in [0.25, 0.3) is 0 Å². The predicted molar refractivity (Wildman–Crippen MR) is 67.1 cm³/mol. The van der Waals surface area contributed by atoms with Crippen molar-refractivity contribution in [2.24, 2.45) is 0 Å². The highest BCUT2D eigenvalue weighted by atomic mass is 79.9. The molecule has 0 bridgehead atoms. The van der Waals surface area contributed by atoms with Crippen LogP contribution in [0.25, 0.3) is 0 Å². The first-order valence-corrected chi connectivity index (χ1v) is 6.01. The van der Waals surface area contributed by atoms with Gasteiger partial charge in [0.1, 0.15) is 5.82 Å². The van der Waals surface area contributed by atoms with E-state index in [1.165, 1.54) is 13.2 Å². The van der Waals surface area contributed by atoms with Crippen LogP contribution in [0.15, 0.2) is 22.7 Å². The summed E-state index contributed by atoms with van der Waals surface area (Å²) in [4.78, 5) is 12.8. The van der Waals surface area contributed by atoms with E-state index in [0.29, 0.717) is 25.1 Å². The summed E-state index contributed by atoms with van der Waals surface area (Å²) in [5.41, 5.74) is 0.603. The Morgan fingerprint density at radius 3 is 2.88 bits per heavy atom. The van der Waals surface area contributed by atoms with E-state index < -0.39 is 0 Å². The van der Waals surface area contributed by atoms with Crippen molar-refractivity contribution < 1.29 is 13.9 Å². The maximum atomic E-state index is 13.5. The van der Waals surface area contributed by atoms with Gasteiger partial charge in [-0.2, -0.15) is 0 Å². The number of hydrogen-bond donors (Lipinski definition) is 0. The minimum Gasteiger partial charge on any atom is -0.469 e. The Morgan fingerprint density at radius 2 is 2.24 bits per heavy atom. The van der Waals surface area contributed by atoms with Crippen molar-refractivity contribution in [3.63, 3.8) is 0 Å². The van der Waals surface area contributed by atoms with Gasteiger partial charge in [-0.05, 0) is 25.2 Å². The van der Waals surface area contributed by atoms with Crippen LogP contribution in [0.2, 0.25) is 0 Å². The first-order chi connectivity index (χ1) is 8.02.